The Hall–Kier alpha value is -1.75. The summed E-state index contributed by atoms with van der Waals surface area (Å²) in [4.78, 5) is 0. The van der Waals surface area contributed by atoms with E-state index in [1.165, 1.54) is 12.1 Å². The van der Waals surface area contributed by atoms with Crippen molar-refractivity contribution in [1.82, 2.24) is 15.1 Å². The first-order valence-electron chi connectivity index (χ1n) is 7.26. The molecule has 0 aliphatic rings. The van der Waals surface area contributed by atoms with Gasteiger partial charge in [0.25, 0.3) is 0 Å². The fraction of sp³-hybridized carbons (Fsp3) is 0.438. The van der Waals surface area contributed by atoms with E-state index in [4.69, 9.17) is 0 Å². The van der Waals surface area contributed by atoms with Crippen LogP contribution in [0.1, 0.15) is 36.8 Å². The Balaban J connectivity index is 2.28. The van der Waals surface area contributed by atoms with Gasteiger partial charge in [-0.05, 0) is 44.2 Å². The Morgan fingerprint density at radius 3 is 2.33 bits per heavy atom. The highest BCUT2D eigenvalue weighted by Crippen LogP contribution is 2.21. The number of likely N-dealkylation sites (N-methyl/N-ethyl adjacent to an activating group) is 1. The summed E-state index contributed by atoms with van der Waals surface area (Å²) in [5.74, 6) is -1.10. The molecule has 2 aromatic rings. The number of nitrogens with one attached hydrogen (secondary N) is 1. The quantitative estimate of drug-likeness (QED) is 0.886. The molecule has 1 atom stereocenters. The predicted octanol–water partition coefficient (Wildman–Crippen LogP) is 3.25. The zero-order chi connectivity index (χ0) is 15.4. The maximum Gasteiger partial charge on any atom is 0.126 e. The second-order valence-corrected chi connectivity index (χ2v) is 5.04. The first-order chi connectivity index (χ1) is 10.1. The van der Waals surface area contributed by atoms with Crippen LogP contribution < -0.4 is 5.32 Å². The molecule has 5 heteroatoms. The number of benzene rings is 1. The topological polar surface area (TPSA) is 29.9 Å². The van der Waals surface area contributed by atoms with Crippen molar-refractivity contribution >= 4 is 0 Å². The zero-order valence-electron chi connectivity index (χ0n) is 12.7. The summed E-state index contributed by atoms with van der Waals surface area (Å²) >= 11 is 0. The molecule has 2 rings (SSSR count). The van der Waals surface area contributed by atoms with Crippen LogP contribution in [0.4, 0.5) is 8.78 Å². The fourth-order valence-electron chi connectivity index (χ4n) is 2.50. The number of nitrogens with zero attached hydrogens (tertiary/aromatic N) is 2. The highest BCUT2D eigenvalue weighted by Gasteiger charge is 2.16. The van der Waals surface area contributed by atoms with E-state index >= 15 is 0 Å². The molecule has 1 N–H and O–H groups in total. The SMILES string of the molecule is CCc1cc(CC(NC)c2cc(F)cc(F)c2)n(CC)n1. The summed E-state index contributed by atoms with van der Waals surface area (Å²) in [6, 6.07) is 5.54. The summed E-state index contributed by atoms with van der Waals surface area (Å²) in [5.41, 5.74) is 2.71. The standard InChI is InChI=1S/C16H21F2N3/c1-4-14-9-15(21(5-2)20-14)10-16(19-3)11-6-12(17)8-13(18)7-11/h6-9,16,19H,4-5,10H2,1-3H3. The van der Waals surface area contributed by atoms with Gasteiger partial charge in [-0.3, -0.25) is 4.68 Å². The lowest BCUT2D eigenvalue weighted by Crippen LogP contribution is -2.21. The largest absolute Gasteiger partial charge is 0.313 e. The summed E-state index contributed by atoms with van der Waals surface area (Å²) < 4.78 is 28.7. The van der Waals surface area contributed by atoms with Crippen LogP contribution in [0.2, 0.25) is 0 Å². The molecule has 1 unspecified atom stereocenters. The minimum Gasteiger partial charge on any atom is -0.313 e. The molecular formula is C16H21F2N3. The number of rotatable bonds is 6. The monoisotopic (exact) mass is 293 g/mol. The van der Waals surface area contributed by atoms with Crippen molar-refractivity contribution in [2.24, 2.45) is 0 Å². The summed E-state index contributed by atoms with van der Waals surface area (Å²) in [6.45, 7) is 4.87. The van der Waals surface area contributed by atoms with Gasteiger partial charge in [0, 0.05) is 30.8 Å². The van der Waals surface area contributed by atoms with Crippen LogP contribution in [0.5, 0.6) is 0 Å². The second-order valence-electron chi connectivity index (χ2n) is 5.04. The molecule has 3 nitrogen and oxygen atoms in total. The zero-order valence-corrected chi connectivity index (χ0v) is 12.7. The molecule has 0 amide bonds. The third kappa shape index (κ3) is 3.67. The molecule has 1 heterocycles. The minimum atomic E-state index is -0.552. The third-order valence-corrected chi connectivity index (χ3v) is 3.62. The number of aryl methyl sites for hydroxylation is 2. The smallest absolute Gasteiger partial charge is 0.126 e. The first-order valence-corrected chi connectivity index (χ1v) is 7.26. The summed E-state index contributed by atoms with van der Waals surface area (Å²) in [6.07, 6.45) is 1.51. The predicted molar refractivity (Wildman–Crippen MR) is 79.1 cm³/mol. The van der Waals surface area contributed by atoms with Gasteiger partial charge in [-0.1, -0.05) is 6.92 Å². The second kappa shape index (κ2) is 6.80. The summed E-state index contributed by atoms with van der Waals surface area (Å²) in [7, 11) is 1.79. The van der Waals surface area contributed by atoms with E-state index in [1.807, 2.05) is 11.6 Å². The Morgan fingerprint density at radius 2 is 1.81 bits per heavy atom. The van der Waals surface area contributed by atoms with E-state index in [0.717, 1.165) is 30.4 Å². The van der Waals surface area contributed by atoms with Crippen LogP contribution >= 0.6 is 0 Å². The van der Waals surface area contributed by atoms with Crippen molar-refractivity contribution in [1.29, 1.82) is 0 Å². The molecule has 0 saturated heterocycles. The van der Waals surface area contributed by atoms with Gasteiger partial charge in [-0.15, -0.1) is 0 Å². The van der Waals surface area contributed by atoms with Crippen LogP contribution in [0.15, 0.2) is 24.3 Å². The molecule has 0 bridgehead atoms. The highest BCUT2D eigenvalue weighted by molar-refractivity contribution is 5.24. The lowest BCUT2D eigenvalue weighted by atomic mass is 10.0. The van der Waals surface area contributed by atoms with Crippen molar-refractivity contribution in [3.05, 3.63) is 52.9 Å². The molecule has 0 saturated carbocycles. The Kier molecular flexibility index (Phi) is 5.07. The number of aromatic nitrogens is 2. The van der Waals surface area contributed by atoms with Crippen molar-refractivity contribution in [2.75, 3.05) is 7.05 Å². The molecular weight excluding hydrogens is 272 g/mol. The lowest BCUT2D eigenvalue weighted by molar-refractivity contribution is 0.526. The van der Waals surface area contributed by atoms with Crippen molar-refractivity contribution in [3.63, 3.8) is 0 Å². The van der Waals surface area contributed by atoms with Crippen LogP contribution in [-0.4, -0.2) is 16.8 Å². The van der Waals surface area contributed by atoms with Crippen molar-refractivity contribution in [2.45, 2.75) is 39.3 Å². The maximum atomic E-state index is 13.4. The van der Waals surface area contributed by atoms with Crippen LogP contribution in [0.25, 0.3) is 0 Å². The fourth-order valence-corrected chi connectivity index (χ4v) is 2.50. The molecule has 0 spiro atoms. The number of hydrogen-bond acceptors (Lipinski definition) is 2. The van der Waals surface area contributed by atoms with Gasteiger partial charge >= 0.3 is 0 Å². The normalized spacial score (nSPS) is 12.6. The van der Waals surface area contributed by atoms with Gasteiger partial charge < -0.3 is 5.32 Å². The molecule has 1 aromatic carbocycles. The Labute approximate surface area is 124 Å². The van der Waals surface area contributed by atoms with E-state index < -0.39 is 11.6 Å². The minimum absolute atomic E-state index is 0.151. The Bertz CT molecular complexity index is 587. The van der Waals surface area contributed by atoms with Gasteiger partial charge in [0.2, 0.25) is 0 Å². The molecule has 0 fully saturated rings. The van der Waals surface area contributed by atoms with Gasteiger partial charge in [0.15, 0.2) is 0 Å². The first kappa shape index (κ1) is 15.6. The molecule has 0 aliphatic carbocycles. The van der Waals surface area contributed by atoms with E-state index in [2.05, 4.69) is 23.4 Å². The number of hydrogen-bond donors (Lipinski definition) is 1. The summed E-state index contributed by atoms with van der Waals surface area (Å²) in [5, 5.41) is 7.63. The van der Waals surface area contributed by atoms with Gasteiger partial charge in [-0.25, -0.2) is 8.78 Å². The number of halogens is 2. The molecule has 21 heavy (non-hydrogen) atoms. The van der Waals surface area contributed by atoms with Gasteiger partial charge in [-0.2, -0.15) is 5.10 Å². The van der Waals surface area contributed by atoms with E-state index in [0.29, 0.717) is 12.0 Å². The van der Waals surface area contributed by atoms with Crippen molar-refractivity contribution < 1.29 is 8.78 Å². The maximum absolute atomic E-state index is 13.4. The molecule has 1 aromatic heterocycles. The van der Waals surface area contributed by atoms with Crippen LogP contribution in [0, 0.1) is 11.6 Å². The Morgan fingerprint density at radius 1 is 1.14 bits per heavy atom. The van der Waals surface area contributed by atoms with E-state index in [1.54, 1.807) is 7.05 Å². The van der Waals surface area contributed by atoms with Crippen molar-refractivity contribution in [3.8, 4) is 0 Å². The van der Waals surface area contributed by atoms with Crippen LogP contribution in [-0.2, 0) is 19.4 Å². The molecule has 0 radical (unpaired) electrons. The van der Waals surface area contributed by atoms with Gasteiger partial charge in [0.05, 0.1) is 5.69 Å². The third-order valence-electron chi connectivity index (χ3n) is 3.62. The average molecular weight is 293 g/mol. The molecule has 114 valence electrons. The average Bonchev–Trinajstić information content (AvgIpc) is 2.85. The lowest BCUT2D eigenvalue weighted by Gasteiger charge is -2.17. The van der Waals surface area contributed by atoms with Gasteiger partial charge in [0.1, 0.15) is 11.6 Å². The molecule has 0 aliphatic heterocycles. The van der Waals surface area contributed by atoms with Crippen LogP contribution in [0.3, 0.4) is 0 Å². The highest BCUT2D eigenvalue weighted by atomic mass is 19.1. The van der Waals surface area contributed by atoms with E-state index in [-0.39, 0.29) is 6.04 Å². The van der Waals surface area contributed by atoms with E-state index in [9.17, 15) is 8.78 Å².